The molecule has 5 heavy (non-hydrogen) atoms. The molecule has 0 rings (SSSR count). The Morgan fingerprint density at radius 3 is 1.00 bits per heavy atom. The first kappa shape index (κ1) is 43.5. The van der Waals surface area contributed by atoms with E-state index in [4.69, 9.17) is 0 Å². The third kappa shape index (κ3) is 19.4. The van der Waals surface area contributed by atoms with Crippen molar-refractivity contribution >= 4 is 95.3 Å². The minimum atomic E-state index is 0. The molecule has 7 radical (unpaired) electrons. The first-order chi connectivity index (χ1) is 0. The first-order valence-electron chi connectivity index (χ1n) is 0. The maximum absolute atomic E-state index is 0. The molecule has 5 heteroatoms. The van der Waals surface area contributed by atoms with Gasteiger partial charge in [0.25, 0.3) is 0 Å². The third-order valence-corrected chi connectivity index (χ3v) is 0. The average Bonchev–Trinajstić information content (AvgIpc) is 0. The van der Waals surface area contributed by atoms with Crippen LogP contribution in [0.4, 0.5) is 0 Å². The second-order valence-electron chi connectivity index (χ2n) is 0. The number of hydrogen-bond acceptors (Lipinski definition) is 1. The van der Waals surface area contributed by atoms with Crippen molar-refractivity contribution in [1.29, 1.82) is 0 Å². The molecule has 0 aromatic heterocycles. The van der Waals surface area contributed by atoms with Gasteiger partial charge >= 0.3 is 0 Å². The third-order valence-electron chi connectivity index (χ3n) is 0. The second kappa shape index (κ2) is 27.9. The molecule has 0 aliphatic heterocycles. The van der Waals surface area contributed by atoms with E-state index in [1.807, 2.05) is 0 Å². The van der Waals surface area contributed by atoms with Crippen molar-refractivity contribution in [3.63, 3.8) is 0 Å². The first-order valence-corrected chi connectivity index (χ1v) is 0. The van der Waals surface area contributed by atoms with Crippen molar-refractivity contribution in [2.75, 3.05) is 0 Å². The van der Waals surface area contributed by atoms with Gasteiger partial charge in [0.15, 0.2) is 0 Å². The van der Waals surface area contributed by atoms with Crippen LogP contribution in [0.1, 0.15) is 0 Å². The van der Waals surface area contributed by atoms with Gasteiger partial charge in [-0.15, -0.1) is 0 Å². The van der Waals surface area contributed by atoms with Gasteiger partial charge in [0.2, 0.25) is 0 Å². The molecule has 1 nitrogen and oxygen atoms in total. The average molecular weight is 143 g/mol. The summed E-state index contributed by atoms with van der Waals surface area (Å²) in [4.78, 5) is 0. The normalized spacial score (nSPS) is 0. The minimum Gasteiger partial charge on any atom is -0.344 e. The van der Waals surface area contributed by atoms with Crippen LogP contribution in [-0.4, -0.2) is 85.4 Å². The van der Waals surface area contributed by atoms with Crippen LogP contribution in [0, 0.1) is 0 Å². The molecule has 0 saturated heterocycles. The molecule has 0 heterocycles. The van der Waals surface area contributed by atoms with Crippen LogP contribution in [0.25, 0.3) is 0 Å². The molecule has 1 unspecified atom stereocenters. The van der Waals surface area contributed by atoms with Gasteiger partial charge in [-0.2, -0.15) is 9.90 Å². The molecule has 23 valence electrons. The van der Waals surface area contributed by atoms with E-state index < -0.39 is 0 Å². The summed E-state index contributed by atoms with van der Waals surface area (Å²) in [6, 6.07) is 0. The van der Waals surface area contributed by atoms with E-state index in [0.717, 1.165) is 0 Å². The Labute approximate surface area is 99.2 Å². The van der Waals surface area contributed by atoms with Gasteiger partial charge in [0.05, 0.1) is 0 Å². The molecular weight excluding hydrogens is 136 g/mol. The molecule has 3 N–H and O–H groups in total. The van der Waals surface area contributed by atoms with Crippen molar-refractivity contribution in [2.24, 2.45) is 0 Å². The van der Waals surface area contributed by atoms with Crippen LogP contribution < -0.4 is 6.15 Å². The number of rotatable bonds is 0. The topological polar surface area (TPSA) is 35.0 Å². The second-order valence-corrected chi connectivity index (χ2v) is 0. The van der Waals surface area contributed by atoms with E-state index in [2.05, 4.69) is 0 Å². The van der Waals surface area contributed by atoms with Crippen LogP contribution in [0.15, 0.2) is 0 Å². The molecule has 0 aliphatic rings. The van der Waals surface area contributed by atoms with Crippen molar-refractivity contribution in [3.05, 3.63) is 0 Å². The fourth-order valence-electron chi connectivity index (χ4n) is 0. The number of hydrogen-bond donors (Lipinski definition) is 1. The Balaban J connectivity index is 0. The maximum atomic E-state index is 0. The predicted molar refractivity (Wildman–Crippen MR) is 33.4 cm³/mol. The zero-order chi connectivity index (χ0) is 0. The Kier molecular flexibility index (Phi) is 243. The monoisotopic (exact) mass is 142 g/mol. The van der Waals surface area contributed by atoms with E-state index >= 15 is 0 Å². The van der Waals surface area contributed by atoms with Crippen molar-refractivity contribution in [3.8, 4) is 0 Å². The molecular formula is H6KMgNPSi. The predicted octanol–water partition coefficient (Wildman–Crippen LogP) is -0.922. The van der Waals surface area contributed by atoms with Gasteiger partial charge < -0.3 is 6.15 Å². The summed E-state index contributed by atoms with van der Waals surface area (Å²) in [6.07, 6.45) is 0. The summed E-state index contributed by atoms with van der Waals surface area (Å²) in [5.74, 6) is 0. The Morgan fingerprint density at radius 1 is 1.00 bits per heavy atom. The molecule has 0 bridgehead atoms. The van der Waals surface area contributed by atoms with Crippen LogP contribution >= 0.6 is 9.90 Å². The fraction of sp³-hybridized carbons (Fsp3) is 0. The molecule has 1 atom stereocenters. The largest absolute Gasteiger partial charge is 0.344 e. The summed E-state index contributed by atoms with van der Waals surface area (Å²) in [7, 11) is 0. The Bertz CT molecular complexity index is 11.6. The molecule has 0 fully saturated rings. The van der Waals surface area contributed by atoms with Gasteiger partial charge in [0.1, 0.15) is 0 Å². The van der Waals surface area contributed by atoms with E-state index in [1.165, 1.54) is 0 Å². The zero-order valence-corrected chi connectivity index (χ0v) is 10.6. The fourth-order valence-corrected chi connectivity index (χ4v) is 0. The molecule has 0 spiro atoms. The molecule has 0 amide bonds. The standard InChI is InChI=1S/K.Mg.H3N.H3P.Si/h;;2*1H3;. The summed E-state index contributed by atoms with van der Waals surface area (Å²) < 4.78 is 0. The maximum Gasteiger partial charge on any atom is 0 e. The molecule has 0 aromatic carbocycles. The van der Waals surface area contributed by atoms with Crippen LogP contribution in [-0.2, 0) is 0 Å². The Hall–Kier alpha value is 3.01. The summed E-state index contributed by atoms with van der Waals surface area (Å²) >= 11 is 0. The van der Waals surface area contributed by atoms with Gasteiger partial charge in [0, 0.05) is 85.4 Å². The van der Waals surface area contributed by atoms with Crippen molar-refractivity contribution in [2.45, 2.75) is 0 Å². The quantitative estimate of drug-likeness (QED) is 0.345. The van der Waals surface area contributed by atoms with Crippen LogP contribution in [0.5, 0.6) is 0 Å². The molecule has 0 aromatic rings. The molecule has 0 aliphatic carbocycles. The van der Waals surface area contributed by atoms with Gasteiger partial charge in [-0.05, 0) is 0 Å². The van der Waals surface area contributed by atoms with Crippen molar-refractivity contribution in [1.82, 2.24) is 6.15 Å². The Morgan fingerprint density at radius 2 is 1.00 bits per heavy atom. The van der Waals surface area contributed by atoms with Crippen LogP contribution in [0.2, 0.25) is 0 Å². The van der Waals surface area contributed by atoms with E-state index in [0.29, 0.717) is 0 Å². The summed E-state index contributed by atoms with van der Waals surface area (Å²) in [5, 5.41) is 0. The summed E-state index contributed by atoms with van der Waals surface area (Å²) in [5.41, 5.74) is 0. The van der Waals surface area contributed by atoms with Gasteiger partial charge in [-0.1, -0.05) is 0 Å². The van der Waals surface area contributed by atoms with Gasteiger partial charge in [-0.25, -0.2) is 0 Å². The molecule has 0 saturated carbocycles. The minimum absolute atomic E-state index is 0. The SMILES string of the molecule is N.P.[K].[Mg].[Si]. The zero-order valence-electron chi connectivity index (χ0n) is 3.62. The van der Waals surface area contributed by atoms with E-state index in [9.17, 15) is 0 Å². The smallest absolute Gasteiger partial charge is 0 e. The summed E-state index contributed by atoms with van der Waals surface area (Å²) in [6.45, 7) is 0. The van der Waals surface area contributed by atoms with Crippen molar-refractivity contribution < 1.29 is 0 Å². The van der Waals surface area contributed by atoms with E-state index in [1.54, 1.807) is 0 Å². The van der Waals surface area contributed by atoms with Gasteiger partial charge in [-0.3, -0.25) is 0 Å². The van der Waals surface area contributed by atoms with Crippen LogP contribution in [0.3, 0.4) is 0 Å². The van der Waals surface area contributed by atoms with E-state index in [-0.39, 0.29) is 101 Å².